The van der Waals surface area contributed by atoms with Crippen LogP contribution in [0.1, 0.15) is 0 Å². The number of aromatic nitrogens is 4. The van der Waals surface area contributed by atoms with Crippen molar-refractivity contribution >= 4 is 81.7 Å². The second-order valence-corrected chi connectivity index (χ2v) is 12.2. The molecule has 0 spiro atoms. The number of hydrogen-bond donors (Lipinski definition) is 0. The Morgan fingerprint density at radius 1 is 0.413 bits per heavy atom. The zero-order valence-corrected chi connectivity index (χ0v) is 24.6. The molecule has 0 aliphatic rings. The van der Waals surface area contributed by atoms with E-state index in [4.69, 9.17) is 9.97 Å². The second kappa shape index (κ2) is 8.68. The van der Waals surface area contributed by atoms with Crippen molar-refractivity contribution < 1.29 is 0 Å². The average Bonchev–Trinajstić information content (AvgIpc) is 3.58. The Bertz CT molecular complexity index is 3020. The summed E-state index contributed by atoms with van der Waals surface area (Å²) in [6.45, 7) is 0. The molecule has 0 saturated heterocycles. The van der Waals surface area contributed by atoms with E-state index in [9.17, 15) is 0 Å². The van der Waals surface area contributed by atoms with Crippen molar-refractivity contribution in [2.75, 3.05) is 0 Å². The molecule has 0 amide bonds. The predicted octanol–water partition coefficient (Wildman–Crippen LogP) is 10.7. The Morgan fingerprint density at radius 2 is 1.04 bits per heavy atom. The van der Waals surface area contributed by atoms with Gasteiger partial charge in [0.25, 0.3) is 0 Å². The number of rotatable bonds is 2. The molecule has 212 valence electrons. The summed E-state index contributed by atoms with van der Waals surface area (Å²) in [4.78, 5) is 10.7. The summed E-state index contributed by atoms with van der Waals surface area (Å²) in [6, 6.07) is 52.1. The highest BCUT2D eigenvalue weighted by atomic mass is 15.1. The molecule has 0 fully saturated rings. The molecule has 4 nitrogen and oxygen atoms in total. The maximum absolute atomic E-state index is 5.39. The van der Waals surface area contributed by atoms with Crippen molar-refractivity contribution in [3.63, 3.8) is 0 Å². The molecule has 0 saturated carbocycles. The van der Waals surface area contributed by atoms with Gasteiger partial charge in [0.1, 0.15) is 5.69 Å². The number of para-hydroxylation sites is 4. The van der Waals surface area contributed by atoms with Crippen LogP contribution in [-0.4, -0.2) is 18.9 Å². The molecule has 11 aromatic rings. The average molecular weight is 585 g/mol. The summed E-state index contributed by atoms with van der Waals surface area (Å²) in [5.41, 5.74) is 9.60. The molecule has 0 bridgehead atoms. The van der Waals surface area contributed by atoms with E-state index in [1.807, 2.05) is 24.3 Å². The molecule has 4 aromatic heterocycles. The highest BCUT2D eigenvalue weighted by Gasteiger charge is 2.25. The van der Waals surface area contributed by atoms with Gasteiger partial charge in [-0.3, -0.25) is 4.57 Å². The minimum atomic E-state index is 0.833. The van der Waals surface area contributed by atoms with Crippen LogP contribution in [0.25, 0.3) is 98.8 Å². The molecule has 0 atom stereocenters. The number of benzene rings is 7. The van der Waals surface area contributed by atoms with Crippen molar-refractivity contribution in [3.8, 4) is 17.1 Å². The topological polar surface area (TPSA) is 35.1 Å². The van der Waals surface area contributed by atoms with Gasteiger partial charge in [0.2, 0.25) is 0 Å². The van der Waals surface area contributed by atoms with Gasteiger partial charge in [-0.1, -0.05) is 115 Å². The Balaban J connectivity index is 1.47. The Labute approximate surface area is 262 Å². The van der Waals surface area contributed by atoms with Crippen LogP contribution in [0.2, 0.25) is 0 Å². The molecule has 0 aliphatic carbocycles. The summed E-state index contributed by atoms with van der Waals surface area (Å²) >= 11 is 0. The van der Waals surface area contributed by atoms with E-state index in [-0.39, 0.29) is 0 Å². The first kappa shape index (κ1) is 24.1. The van der Waals surface area contributed by atoms with Crippen molar-refractivity contribution in [1.82, 2.24) is 18.9 Å². The van der Waals surface area contributed by atoms with Crippen molar-refractivity contribution in [2.45, 2.75) is 0 Å². The first-order valence-corrected chi connectivity index (χ1v) is 15.7. The molecule has 11 rings (SSSR count). The second-order valence-electron chi connectivity index (χ2n) is 12.2. The van der Waals surface area contributed by atoms with Gasteiger partial charge >= 0.3 is 0 Å². The maximum atomic E-state index is 5.39. The normalized spacial score (nSPS) is 12.3. The fraction of sp³-hybridized carbons (Fsp3) is 0. The zero-order valence-electron chi connectivity index (χ0n) is 24.6. The molecule has 4 heteroatoms. The van der Waals surface area contributed by atoms with Crippen molar-refractivity contribution in [3.05, 3.63) is 146 Å². The fourth-order valence-corrected chi connectivity index (χ4v) is 7.95. The lowest BCUT2D eigenvalue weighted by Crippen LogP contribution is -2.04. The Hall–Kier alpha value is -6.26. The van der Waals surface area contributed by atoms with Gasteiger partial charge in [0, 0.05) is 37.9 Å². The van der Waals surface area contributed by atoms with Crippen molar-refractivity contribution in [2.24, 2.45) is 0 Å². The summed E-state index contributed by atoms with van der Waals surface area (Å²) in [5, 5.41) is 9.92. The minimum Gasteiger partial charge on any atom is -0.307 e. The lowest BCUT2D eigenvalue weighted by Gasteiger charge is -2.14. The van der Waals surface area contributed by atoms with Gasteiger partial charge in [-0.05, 0) is 41.1 Å². The molecule has 7 aromatic carbocycles. The van der Waals surface area contributed by atoms with E-state index in [0.717, 1.165) is 39.1 Å². The molecule has 0 radical (unpaired) electrons. The fourth-order valence-electron chi connectivity index (χ4n) is 7.95. The van der Waals surface area contributed by atoms with Crippen LogP contribution in [0, 0.1) is 0 Å². The summed E-state index contributed by atoms with van der Waals surface area (Å²) < 4.78 is 4.89. The number of nitrogens with zero attached hydrogens (tertiary/aromatic N) is 4. The molecule has 0 N–H and O–H groups in total. The third-order valence-electron chi connectivity index (χ3n) is 9.80. The van der Waals surface area contributed by atoms with Crippen LogP contribution in [0.5, 0.6) is 0 Å². The predicted molar refractivity (Wildman–Crippen MR) is 191 cm³/mol. The lowest BCUT2D eigenvalue weighted by molar-refractivity contribution is 1.08. The van der Waals surface area contributed by atoms with E-state index in [1.165, 1.54) is 59.6 Å². The molecule has 46 heavy (non-hydrogen) atoms. The number of fused-ring (bicyclic) bond motifs is 8. The third-order valence-corrected chi connectivity index (χ3v) is 9.80. The summed E-state index contributed by atoms with van der Waals surface area (Å²) in [7, 11) is 0. The minimum absolute atomic E-state index is 0.833. The molecular weight excluding hydrogens is 560 g/mol. The van der Waals surface area contributed by atoms with E-state index >= 15 is 0 Å². The summed E-state index contributed by atoms with van der Waals surface area (Å²) in [6.07, 6.45) is 0. The van der Waals surface area contributed by atoms with Gasteiger partial charge in [-0.25, -0.2) is 9.97 Å². The van der Waals surface area contributed by atoms with E-state index in [0.29, 0.717) is 0 Å². The lowest BCUT2D eigenvalue weighted by atomic mass is 10.0. The van der Waals surface area contributed by atoms with E-state index in [2.05, 4.69) is 130 Å². The highest BCUT2D eigenvalue weighted by molar-refractivity contribution is 6.34. The van der Waals surface area contributed by atoms with Gasteiger partial charge in [-0.2, -0.15) is 0 Å². The van der Waals surface area contributed by atoms with Crippen LogP contribution in [-0.2, 0) is 0 Å². The SMILES string of the molecule is c1ccc(-c2nc3ccccc3nc2-n2c3cccc4c5cccc6c7ccccc7n(c56)c5c6ccccc6cc2c5c43)cc1. The van der Waals surface area contributed by atoms with E-state index < -0.39 is 0 Å². The standard InChI is InChI=1S/C42H24N4/c1-2-12-25(13-3-1)39-42(44-33-21-8-7-20-32(33)43-39)45-35-23-11-17-29-31-19-10-18-30-28-16-6-9-22-34(28)46(40(30)31)41-27-15-5-4-14-26(27)24-36(45)38(41)37(29)35/h1-24H. The Kier molecular flexibility index (Phi) is 4.55. The van der Waals surface area contributed by atoms with Crippen LogP contribution in [0.3, 0.4) is 0 Å². The zero-order chi connectivity index (χ0) is 29.9. The maximum Gasteiger partial charge on any atom is 0.165 e. The molecule has 0 unspecified atom stereocenters. The van der Waals surface area contributed by atoms with Crippen LogP contribution in [0.15, 0.2) is 146 Å². The first-order valence-electron chi connectivity index (χ1n) is 15.7. The Morgan fingerprint density at radius 3 is 1.91 bits per heavy atom. The monoisotopic (exact) mass is 584 g/mol. The molecular formula is C42H24N4. The van der Waals surface area contributed by atoms with Crippen LogP contribution < -0.4 is 0 Å². The van der Waals surface area contributed by atoms with Gasteiger partial charge in [-0.15, -0.1) is 0 Å². The van der Waals surface area contributed by atoms with Gasteiger partial charge in [0.15, 0.2) is 5.82 Å². The third kappa shape index (κ3) is 2.98. The smallest absolute Gasteiger partial charge is 0.165 e. The molecule has 4 heterocycles. The molecule has 0 aliphatic heterocycles. The number of hydrogen-bond acceptors (Lipinski definition) is 2. The quantitative estimate of drug-likeness (QED) is 0.203. The highest BCUT2D eigenvalue weighted by Crippen LogP contribution is 2.46. The van der Waals surface area contributed by atoms with Crippen LogP contribution >= 0.6 is 0 Å². The van der Waals surface area contributed by atoms with Crippen LogP contribution in [0.4, 0.5) is 0 Å². The van der Waals surface area contributed by atoms with E-state index in [1.54, 1.807) is 0 Å². The van der Waals surface area contributed by atoms with Gasteiger partial charge in [0.05, 0.1) is 38.6 Å². The van der Waals surface area contributed by atoms with Gasteiger partial charge < -0.3 is 4.40 Å². The van der Waals surface area contributed by atoms with Crippen molar-refractivity contribution in [1.29, 1.82) is 0 Å². The first-order chi connectivity index (χ1) is 22.8. The largest absolute Gasteiger partial charge is 0.307 e. The summed E-state index contributed by atoms with van der Waals surface area (Å²) in [5.74, 6) is 0.833.